The van der Waals surface area contributed by atoms with Gasteiger partial charge in [-0.1, -0.05) is 13.0 Å². The maximum Gasteiger partial charge on any atom is 0.414 e. The Morgan fingerprint density at radius 1 is 1.45 bits per heavy atom. The highest BCUT2D eigenvalue weighted by atomic mass is 16.6. The molecule has 20 heavy (non-hydrogen) atoms. The number of carbonyl (C=O) groups excluding carboxylic acids is 1. The lowest BCUT2D eigenvalue weighted by Crippen LogP contribution is -2.43. The third-order valence-corrected chi connectivity index (χ3v) is 3.73. The predicted octanol–water partition coefficient (Wildman–Crippen LogP) is 3.57. The predicted molar refractivity (Wildman–Crippen MR) is 78.3 cm³/mol. The fraction of sp³-hybridized carbons (Fsp3) is 0.812. The fourth-order valence-corrected chi connectivity index (χ4v) is 2.78. The summed E-state index contributed by atoms with van der Waals surface area (Å²) < 4.78 is 11.1. The van der Waals surface area contributed by atoms with Gasteiger partial charge in [0.1, 0.15) is 5.60 Å². The van der Waals surface area contributed by atoms with Gasteiger partial charge in [0.2, 0.25) is 0 Å². The monoisotopic (exact) mass is 281 g/mol. The molecule has 2 atom stereocenters. The Balaban J connectivity index is 2.12. The van der Waals surface area contributed by atoms with Gasteiger partial charge >= 0.3 is 6.09 Å². The van der Waals surface area contributed by atoms with Crippen LogP contribution in [0.4, 0.5) is 4.79 Å². The first-order valence-electron chi connectivity index (χ1n) is 7.65. The lowest BCUT2D eigenvalue weighted by molar-refractivity contribution is 0.0168. The average Bonchev–Trinajstić information content (AvgIpc) is 2.37. The highest BCUT2D eigenvalue weighted by molar-refractivity contribution is 5.71. The van der Waals surface area contributed by atoms with E-state index in [1.807, 2.05) is 25.7 Å². The van der Waals surface area contributed by atoms with Gasteiger partial charge in [-0.15, -0.1) is 0 Å². The third-order valence-electron chi connectivity index (χ3n) is 3.73. The van der Waals surface area contributed by atoms with Crippen LogP contribution in [0.25, 0.3) is 0 Å². The molecular weight excluding hydrogens is 254 g/mol. The van der Waals surface area contributed by atoms with E-state index in [2.05, 4.69) is 13.0 Å². The van der Waals surface area contributed by atoms with Gasteiger partial charge in [-0.05, 0) is 46.0 Å². The minimum atomic E-state index is -0.452. The summed E-state index contributed by atoms with van der Waals surface area (Å²) in [5.41, 5.74) is 0.656. The van der Waals surface area contributed by atoms with E-state index in [1.165, 1.54) is 0 Å². The summed E-state index contributed by atoms with van der Waals surface area (Å²) in [5, 5.41) is 0. The van der Waals surface area contributed by atoms with Crippen LogP contribution in [0.2, 0.25) is 0 Å². The zero-order chi connectivity index (χ0) is 14.8. The zero-order valence-corrected chi connectivity index (χ0v) is 13.1. The molecule has 0 aromatic rings. The number of hydrogen-bond acceptors (Lipinski definition) is 3. The third kappa shape index (κ3) is 3.98. The highest BCUT2D eigenvalue weighted by Gasteiger charge is 2.32. The topological polar surface area (TPSA) is 38.8 Å². The van der Waals surface area contributed by atoms with Crippen molar-refractivity contribution >= 4 is 6.09 Å². The Kier molecular flexibility index (Phi) is 4.74. The lowest BCUT2D eigenvalue weighted by atomic mass is 9.91. The normalized spacial score (nSPS) is 28.0. The van der Waals surface area contributed by atoms with Crippen molar-refractivity contribution in [3.8, 4) is 0 Å². The number of nitrogens with zero attached hydrogens (tertiary/aromatic N) is 1. The molecule has 0 aromatic carbocycles. The average molecular weight is 281 g/mol. The summed E-state index contributed by atoms with van der Waals surface area (Å²) in [6, 6.07) is 0. The van der Waals surface area contributed by atoms with Gasteiger partial charge < -0.3 is 9.47 Å². The summed E-state index contributed by atoms with van der Waals surface area (Å²) in [6.07, 6.45) is 5.18. The van der Waals surface area contributed by atoms with Gasteiger partial charge in [0.25, 0.3) is 0 Å². The van der Waals surface area contributed by atoms with E-state index >= 15 is 0 Å². The second-order valence-corrected chi connectivity index (χ2v) is 6.97. The van der Waals surface area contributed by atoms with Crippen molar-refractivity contribution in [1.82, 2.24) is 4.90 Å². The standard InChI is InChI=1S/C16H27NO3/c1-12-7-8-14(13-6-5-9-19-11-13)17(10-12)15(18)20-16(2,3)4/h8,12-13H,5-7,9-11H2,1-4H3/t12-,13+/m0/s1. The van der Waals surface area contributed by atoms with Crippen LogP contribution in [-0.4, -0.2) is 36.4 Å². The molecule has 0 saturated carbocycles. The van der Waals surface area contributed by atoms with Crippen LogP contribution in [0.3, 0.4) is 0 Å². The number of rotatable bonds is 1. The molecule has 4 heteroatoms. The summed E-state index contributed by atoms with van der Waals surface area (Å²) in [4.78, 5) is 14.3. The molecule has 0 aliphatic carbocycles. The molecular formula is C16H27NO3. The minimum absolute atomic E-state index is 0.221. The molecule has 0 N–H and O–H groups in total. The first kappa shape index (κ1) is 15.4. The van der Waals surface area contributed by atoms with Gasteiger partial charge in [0.15, 0.2) is 0 Å². The van der Waals surface area contributed by atoms with E-state index in [4.69, 9.17) is 9.47 Å². The van der Waals surface area contributed by atoms with Crippen LogP contribution in [0.1, 0.15) is 47.0 Å². The van der Waals surface area contributed by atoms with Crippen LogP contribution in [-0.2, 0) is 9.47 Å². The van der Waals surface area contributed by atoms with Crippen LogP contribution in [0.15, 0.2) is 11.8 Å². The molecule has 0 bridgehead atoms. The SMILES string of the molecule is C[C@H]1CC=C([C@@H]2CCCOC2)N(C(=O)OC(C)(C)C)C1. The summed E-state index contributed by atoms with van der Waals surface area (Å²) in [6.45, 7) is 10.2. The second-order valence-electron chi connectivity index (χ2n) is 6.97. The Morgan fingerprint density at radius 3 is 2.80 bits per heavy atom. The van der Waals surface area contributed by atoms with Crippen LogP contribution >= 0.6 is 0 Å². The summed E-state index contributed by atoms with van der Waals surface area (Å²) >= 11 is 0. The van der Waals surface area contributed by atoms with Crippen molar-refractivity contribution < 1.29 is 14.3 Å². The Labute approximate surface area is 122 Å². The lowest BCUT2D eigenvalue weighted by Gasteiger charge is -2.38. The molecule has 0 spiro atoms. The van der Waals surface area contributed by atoms with Crippen LogP contribution in [0.5, 0.6) is 0 Å². The van der Waals surface area contributed by atoms with E-state index in [0.29, 0.717) is 11.8 Å². The Morgan fingerprint density at radius 2 is 2.20 bits per heavy atom. The highest BCUT2D eigenvalue weighted by Crippen LogP contribution is 2.31. The summed E-state index contributed by atoms with van der Waals surface area (Å²) in [5.74, 6) is 0.819. The fourth-order valence-electron chi connectivity index (χ4n) is 2.78. The van der Waals surface area contributed by atoms with E-state index in [0.717, 1.165) is 44.7 Å². The molecule has 1 saturated heterocycles. The zero-order valence-electron chi connectivity index (χ0n) is 13.1. The number of hydrogen-bond donors (Lipinski definition) is 0. The molecule has 1 amide bonds. The first-order chi connectivity index (χ1) is 9.37. The van der Waals surface area contributed by atoms with Crippen molar-refractivity contribution in [3.63, 3.8) is 0 Å². The van der Waals surface area contributed by atoms with E-state index in [-0.39, 0.29) is 6.09 Å². The molecule has 0 radical (unpaired) electrons. The summed E-state index contributed by atoms with van der Waals surface area (Å²) in [7, 11) is 0. The van der Waals surface area contributed by atoms with Gasteiger partial charge in [-0.3, -0.25) is 4.90 Å². The molecule has 2 heterocycles. The van der Waals surface area contributed by atoms with Crippen LogP contribution in [0, 0.1) is 11.8 Å². The molecule has 1 fully saturated rings. The van der Waals surface area contributed by atoms with Gasteiger partial charge in [0.05, 0.1) is 6.61 Å². The molecule has 0 aromatic heterocycles. The van der Waals surface area contributed by atoms with Gasteiger partial charge in [-0.2, -0.15) is 0 Å². The maximum absolute atomic E-state index is 12.4. The number of allylic oxidation sites excluding steroid dienone is 1. The van der Waals surface area contributed by atoms with Crippen molar-refractivity contribution in [2.24, 2.45) is 11.8 Å². The van der Waals surface area contributed by atoms with Crippen molar-refractivity contribution in [1.29, 1.82) is 0 Å². The first-order valence-corrected chi connectivity index (χ1v) is 7.65. The van der Waals surface area contributed by atoms with Gasteiger partial charge in [-0.25, -0.2) is 4.79 Å². The van der Waals surface area contributed by atoms with E-state index in [1.54, 1.807) is 0 Å². The molecule has 114 valence electrons. The van der Waals surface area contributed by atoms with E-state index in [9.17, 15) is 4.79 Å². The number of amides is 1. The smallest absolute Gasteiger partial charge is 0.414 e. The van der Waals surface area contributed by atoms with Crippen molar-refractivity contribution in [2.75, 3.05) is 19.8 Å². The molecule has 2 aliphatic heterocycles. The number of carbonyl (C=O) groups is 1. The molecule has 0 unspecified atom stereocenters. The van der Waals surface area contributed by atoms with Crippen molar-refractivity contribution in [2.45, 2.75) is 52.6 Å². The maximum atomic E-state index is 12.4. The largest absolute Gasteiger partial charge is 0.443 e. The van der Waals surface area contributed by atoms with Gasteiger partial charge in [0, 0.05) is 24.8 Å². The van der Waals surface area contributed by atoms with Crippen molar-refractivity contribution in [3.05, 3.63) is 11.8 Å². The molecule has 2 rings (SSSR count). The Hall–Kier alpha value is -1.03. The Bertz CT molecular complexity index is 378. The molecule has 4 nitrogen and oxygen atoms in total. The second kappa shape index (κ2) is 6.17. The van der Waals surface area contributed by atoms with Crippen LogP contribution < -0.4 is 0 Å². The number of ether oxygens (including phenoxy) is 2. The molecule has 2 aliphatic rings. The van der Waals surface area contributed by atoms with E-state index < -0.39 is 5.60 Å². The minimum Gasteiger partial charge on any atom is -0.443 e. The quantitative estimate of drug-likeness (QED) is 0.737.